The molecule has 1 saturated heterocycles. The number of aromatic nitrogens is 2. The van der Waals surface area contributed by atoms with Gasteiger partial charge < -0.3 is 24.7 Å². The number of carbonyl (C=O) groups is 1. The van der Waals surface area contributed by atoms with Crippen molar-refractivity contribution in [2.24, 2.45) is 4.99 Å². The zero-order valence-electron chi connectivity index (χ0n) is 19.4. The van der Waals surface area contributed by atoms with Crippen LogP contribution in [0.3, 0.4) is 0 Å². The van der Waals surface area contributed by atoms with Crippen LogP contribution in [-0.2, 0) is 9.53 Å². The van der Waals surface area contributed by atoms with Crippen LogP contribution in [0.15, 0.2) is 88.3 Å². The third-order valence-electron chi connectivity index (χ3n) is 6.17. The maximum Gasteiger partial charge on any atom is 0.317 e. The van der Waals surface area contributed by atoms with Crippen molar-refractivity contribution in [1.29, 1.82) is 0 Å². The molecule has 0 radical (unpaired) electrons. The van der Waals surface area contributed by atoms with Crippen LogP contribution >= 0.6 is 0 Å². The van der Waals surface area contributed by atoms with Gasteiger partial charge in [-0.15, -0.1) is 5.10 Å². The average Bonchev–Trinajstić information content (AvgIpc) is 3.36. The van der Waals surface area contributed by atoms with Gasteiger partial charge in [0.1, 0.15) is 0 Å². The Balaban J connectivity index is 1.25. The second-order valence-corrected chi connectivity index (χ2v) is 8.48. The summed E-state index contributed by atoms with van der Waals surface area (Å²) in [6.45, 7) is 3.20. The highest BCUT2D eigenvalue weighted by atomic mass is 16.5. The number of anilines is 3. The van der Waals surface area contributed by atoms with E-state index in [9.17, 15) is 4.79 Å². The molecule has 0 spiro atoms. The van der Waals surface area contributed by atoms with E-state index in [1.165, 1.54) is 0 Å². The van der Waals surface area contributed by atoms with E-state index in [1.807, 2.05) is 78.9 Å². The molecule has 3 heterocycles. The van der Waals surface area contributed by atoms with E-state index in [4.69, 9.17) is 14.1 Å². The number of ether oxygens (including phenoxy) is 1. The second-order valence-electron chi connectivity index (χ2n) is 8.48. The lowest BCUT2D eigenvalue weighted by Gasteiger charge is -2.28. The van der Waals surface area contributed by atoms with Gasteiger partial charge in [0.15, 0.2) is 0 Å². The molecule has 1 atom stereocenters. The standard InChI is InChI=1S/C27H24N6O3/c34-25-24(29-23(18-6-2-1-3-7-18)21-8-4-5-9-22(21)28-25)30-27-32-31-26(36-27)19-10-12-20(13-11-19)33-14-16-35-17-15-33/h1-13,24H,14-17H2,(H,28,34)(H,30,32). The van der Waals surface area contributed by atoms with Crippen molar-refractivity contribution in [3.63, 3.8) is 0 Å². The van der Waals surface area contributed by atoms with Crippen LogP contribution in [0, 0.1) is 0 Å². The summed E-state index contributed by atoms with van der Waals surface area (Å²) in [5.74, 6) is 0.0404. The van der Waals surface area contributed by atoms with Gasteiger partial charge in [-0.3, -0.25) is 4.79 Å². The van der Waals surface area contributed by atoms with Crippen LogP contribution < -0.4 is 15.5 Å². The van der Waals surface area contributed by atoms with Crippen LogP contribution in [0.1, 0.15) is 11.1 Å². The molecule has 6 rings (SSSR count). The maximum atomic E-state index is 13.0. The highest BCUT2D eigenvalue weighted by Gasteiger charge is 2.27. The molecule has 3 aromatic carbocycles. The van der Waals surface area contributed by atoms with E-state index in [-0.39, 0.29) is 11.9 Å². The molecule has 1 fully saturated rings. The number of nitrogens with one attached hydrogen (secondary N) is 2. The third kappa shape index (κ3) is 4.44. The normalized spacial score (nSPS) is 17.6. The number of hydrogen-bond acceptors (Lipinski definition) is 8. The van der Waals surface area contributed by atoms with Crippen molar-refractivity contribution >= 4 is 29.0 Å². The van der Waals surface area contributed by atoms with Crippen LogP contribution in [0.25, 0.3) is 11.5 Å². The summed E-state index contributed by atoms with van der Waals surface area (Å²) in [7, 11) is 0. The second kappa shape index (κ2) is 9.63. The van der Waals surface area contributed by atoms with Crippen LogP contribution in [0.2, 0.25) is 0 Å². The van der Waals surface area contributed by atoms with Crippen molar-refractivity contribution in [3.8, 4) is 11.5 Å². The topological polar surface area (TPSA) is 105 Å². The molecule has 1 aromatic heterocycles. The van der Waals surface area contributed by atoms with Crippen LogP contribution in [0.4, 0.5) is 17.4 Å². The molecule has 1 amide bonds. The SMILES string of the molecule is O=C1Nc2ccccc2C(c2ccccc2)=NC1Nc1nnc(-c2ccc(N3CCOCC3)cc2)o1. The molecular weight excluding hydrogens is 456 g/mol. The number of morpholine rings is 1. The first-order valence-electron chi connectivity index (χ1n) is 11.8. The fourth-order valence-corrected chi connectivity index (χ4v) is 4.33. The molecule has 2 aliphatic rings. The number of benzodiazepines with no additional fused rings is 1. The zero-order chi connectivity index (χ0) is 24.3. The molecule has 2 aliphatic heterocycles. The minimum absolute atomic E-state index is 0.115. The highest BCUT2D eigenvalue weighted by Crippen LogP contribution is 2.27. The predicted molar refractivity (Wildman–Crippen MR) is 137 cm³/mol. The molecule has 1 unspecified atom stereocenters. The molecule has 9 nitrogen and oxygen atoms in total. The van der Waals surface area contributed by atoms with Crippen molar-refractivity contribution in [2.45, 2.75) is 6.17 Å². The Labute approximate surface area is 207 Å². The maximum absolute atomic E-state index is 13.0. The number of rotatable bonds is 5. The van der Waals surface area contributed by atoms with Gasteiger partial charge in [0.25, 0.3) is 5.91 Å². The molecule has 36 heavy (non-hydrogen) atoms. The Kier molecular flexibility index (Phi) is 5.88. The summed E-state index contributed by atoms with van der Waals surface area (Å²) in [6, 6.07) is 25.4. The highest BCUT2D eigenvalue weighted by molar-refractivity contribution is 6.19. The fraction of sp³-hybridized carbons (Fsp3) is 0.185. The molecule has 0 bridgehead atoms. The Hall–Kier alpha value is -4.50. The van der Waals surface area contributed by atoms with Crippen molar-refractivity contribution in [1.82, 2.24) is 10.2 Å². The molecule has 9 heteroatoms. The minimum atomic E-state index is -0.954. The van der Waals surface area contributed by atoms with E-state index < -0.39 is 6.17 Å². The van der Waals surface area contributed by atoms with Crippen molar-refractivity contribution < 1.29 is 13.9 Å². The number of carbonyl (C=O) groups excluding carboxylic acids is 1. The Morgan fingerprint density at radius 2 is 1.61 bits per heavy atom. The van der Waals surface area contributed by atoms with Crippen molar-refractivity contribution in [2.75, 3.05) is 41.8 Å². The number of para-hydroxylation sites is 1. The average molecular weight is 481 g/mol. The largest absolute Gasteiger partial charge is 0.403 e. The monoisotopic (exact) mass is 480 g/mol. The van der Waals surface area contributed by atoms with E-state index >= 15 is 0 Å². The Bertz CT molecular complexity index is 1390. The summed E-state index contributed by atoms with van der Waals surface area (Å²) in [5, 5.41) is 14.2. The first-order valence-corrected chi connectivity index (χ1v) is 11.8. The molecular formula is C27H24N6O3. The lowest BCUT2D eigenvalue weighted by Crippen LogP contribution is -2.36. The summed E-state index contributed by atoms with van der Waals surface area (Å²) in [6.07, 6.45) is -0.954. The molecule has 0 saturated carbocycles. The van der Waals surface area contributed by atoms with Gasteiger partial charge in [-0.1, -0.05) is 53.6 Å². The van der Waals surface area contributed by atoms with Gasteiger partial charge in [-0.2, -0.15) is 0 Å². The van der Waals surface area contributed by atoms with Crippen LogP contribution in [-0.4, -0.2) is 54.3 Å². The number of fused-ring (bicyclic) bond motifs is 1. The van der Waals surface area contributed by atoms with Gasteiger partial charge >= 0.3 is 6.01 Å². The fourth-order valence-electron chi connectivity index (χ4n) is 4.33. The summed E-state index contributed by atoms with van der Waals surface area (Å²) >= 11 is 0. The van der Waals surface area contributed by atoms with Gasteiger partial charge in [-0.25, -0.2) is 4.99 Å². The molecule has 4 aromatic rings. The Morgan fingerprint density at radius 1 is 0.861 bits per heavy atom. The van der Waals surface area contributed by atoms with E-state index in [0.717, 1.165) is 48.7 Å². The van der Waals surface area contributed by atoms with Gasteiger partial charge in [0, 0.05) is 35.5 Å². The van der Waals surface area contributed by atoms with Gasteiger partial charge in [-0.05, 0) is 30.3 Å². The minimum Gasteiger partial charge on any atom is -0.403 e. The number of aliphatic imine (C=N–C) groups is 1. The zero-order valence-corrected chi connectivity index (χ0v) is 19.4. The number of nitrogens with zero attached hydrogens (tertiary/aromatic N) is 4. The predicted octanol–water partition coefficient (Wildman–Crippen LogP) is 3.80. The van der Waals surface area contributed by atoms with E-state index in [1.54, 1.807) is 0 Å². The first-order chi connectivity index (χ1) is 17.7. The van der Waals surface area contributed by atoms with E-state index in [0.29, 0.717) is 17.3 Å². The summed E-state index contributed by atoms with van der Waals surface area (Å²) in [4.78, 5) is 20.1. The lowest BCUT2D eigenvalue weighted by atomic mass is 10.0. The first kappa shape index (κ1) is 22.0. The quantitative estimate of drug-likeness (QED) is 0.448. The molecule has 0 aliphatic carbocycles. The van der Waals surface area contributed by atoms with Gasteiger partial charge in [0.2, 0.25) is 12.1 Å². The third-order valence-corrected chi connectivity index (χ3v) is 6.17. The summed E-state index contributed by atoms with van der Waals surface area (Å²) < 4.78 is 11.3. The molecule has 2 N–H and O–H groups in total. The summed E-state index contributed by atoms with van der Waals surface area (Å²) in [5.41, 5.74) is 5.05. The van der Waals surface area contributed by atoms with Crippen molar-refractivity contribution in [3.05, 3.63) is 90.0 Å². The molecule has 180 valence electrons. The number of benzene rings is 3. The number of hydrogen-bond donors (Lipinski definition) is 2. The smallest absolute Gasteiger partial charge is 0.317 e. The lowest BCUT2D eigenvalue weighted by molar-refractivity contribution is -0.116. The Morgan fingerprint density at radius 3 is 2.42 bits per heavy atom. The van der Waals surface area contributed by atoms with Gasteiger partial charge in [0.05, 0.1) is 24.6 Å². The van der Waals surface area contributed by atoms with Crippen LogP contribution in [0.5, 0.6) is 0 Å². The van der Waals surface area contributed by atoms with E-state index in [2.05, 4.69) is 25.7 Å². The number of amides is 1.